The molecule has 0 saturated heterocycles. The van der Waals surface area contributed by atoms with E-state index in [1.807, 2.05) is 38.2 Å². The van der Waals surface area contributed by atoms with Crippen molar-refractivity contribution in [3.8, 4) is 0 Å². The van der Waals surface area contributed by atoms with Gasteiger partial charge in [0.1, 0.15) is 0 Å². The van der Waals surface area contributed by atoms with Crippen LogP contribution < -0.4 is 0 Å². The Morgan fingerprint density at radius 2 is 1.50 bits per heavy atom. The molecule has 0 radical (unpaired) electrons. The first-order valence-corrected chi connectivity index (χ1v) is 3.71. The molecule has 10 heavy (non-hydrogen) atoms. The van der Waals surface area contributed by atoms with Gasteiger partial charge in [-0.2, -0.15) is 0 Å². The van der Waals surface area contributed by atoms with Crippen LogP contribution in [-0.2, 0) is 0 Å². The SMILES string of the molecule is C/C=C\CC(O)C/C=C\C. The summed E-state index contributed by atoms with van der Waals surface area (Å²) in [6, 6.07) is 0. The van der Waals surface area contributed by atoms with Crippen LogP contribution >= 0.6 is 0 Å². The molecule has 0 fully saturated rings. The number of hydrogen-bond acceptors (Lipinski definition) is 1. The Morgan fingerprint density at radius 1 is 1.10 bits per heavy atom. The summed E-state index contributed by atoms with van der Waals surface area (Å²) >= 11 is 0. The molecule has 0 rings (SSSR count). The van der Waals surface area contributed by atoms with Crippen molar-refractivity contribution in [2.75, 3.05) is 0 Å². The molecule has 0 heterocycles. The first-order valence-electron chi connectivity index (χ1n) is 3.71. The Bertz CT molecular complexity index is 99.9. The summed E-state index contributed by atoms with van der Waals surface area (Å²) < 4.78 is 0. The van der Waals surface area contributed by atoms with Gasteiger partial charge in [0.05, 0.1) is 6.10 Å². The van der Waals surface area contributed by atoms with Gasteiger partial charge in [-0.3, -0.25) is 0 Å². The van der Waals surface area contributed by atoms with Gasteiger partial charge in [0, 0.05) is 0 Å². The molecule has 0 aliphatic rings. The van der Waals surface area contributed by atoms with Crippen LogP contribution in [0.4, 0.5) is 0 Å². The van der Waals surface area contributed by atoms with E-state index >= 15 is 0 Å². The maximum atomic E-state index is 9.21. The van der Waals surface area contributed by atoms with E-state index in [4.69, 9.17) is 0 Å². The van der Waals surface area contributed by atoms with Crippen molar-refractivity contribution >= 4 is 0 Å². The zero-order valence-electron chi connectivity index (χ0n) is 6.75. The normalized spacial score (nSPS) is 12.4. The van der Waals surface area contributed by atoms with Crippen molar-refractivity contribution in [2.45, 2.75) is 32.8 Å². The van der Waals surface area contributed by atoms with Gasteiger partial charge in [-0.1, -0.05) is 24.3 Å². The highest BCUT2D eigenvalue weighted by Crippen LogP contribution is 1.99. The molecule has 0 aromatic rings. The lowest BCUT2D eigenvalue weighted by Gasteiger charge is -2.01. The molecule has 0 aliphatic carbocycles. The molecular formula is C9H16O. The van der Waals surface area contributed by atoms with Crippen molar-refractivity contribution in [1.82, 2.24) is 0 Å². The number of allylic oxidation sites excluding steroid dienone is 2. The summed E-state index contributed by atoms with van der Waals surface area (Å²) in [6.45, 7) is 3.92. The molecule has 0 aromatic heterocycles. The van der Waals surface area contributed by atoms with E-state index in [2.05, 4.69) is 0 Å². The van der Waals surface area contributed by atoms with Crippen LogP contribution in [0.1, 0.15) is 26.7 Å². The van der Waals surface area contributed by atoms with E-state index < -0.39 is 0 Å². The van der Waals surface area contributed by atoms with Gasteiger partial charge in [0.2, 0.25) is 0 Å². The lowest BCUT2D eigenvalue weighted by atomic mass is 10.2. The van der Waals surface area contributed by atoms with Crippen LogP contribution in [0.2, 0.25) is 0 Å². The summed E-state index contributed by atoms with van der Waals surface area (Å²) in [5.41, 5.74) is 0. The van der Waals surface area contributed by atoms with Gasteiger partial charge in [-0.15, -0.1) is 0 Å². The third-order valence-corrected chi connectivity index (χ3v) is 1.29. The average Bonchev–Trinajstić information content (AvgIpc) is 1.97. The zero-order chi connectivity index (χ0) is 7.82. The third-order valence-electron chi connectivity index (χ3n) is 1.29. The number of hydrogen-bond donors (Lipinski definition) is 1. The molecule has 58 valence electrons. The summed E-state index contributed by atoms with van der Waals surface area (Å²) in [5.74, 6) is 0. The van der Waals surface area contributed by atoms with Crippen LogP contribution in [0.25, 0.3) is 0 Å². The molecule has 0 unspecified atom stereocenters. The van der Waals surface area contributed by atoms with Crippen molar-refractivity contribution in [2.24, 2.45) is 0 Å². The average molecular weight is 140 g/mol. The third kappa shape index (κ3) is 5.57. The fourth-order valence-electron chi connectivity index (χ4n) is 0.683. The highest BCUT2D eigenvalue weighted by Gasteiger charge is 1.95. The molecule has 0 bridgehead atoms. The minimum absolute atomic E-state index is 0.201. The zero-order valence-corrected chi connectivity index (χ0v) is 6.75. The van der Waals surface area contributed by atoms with Crippen LogP contribution in [0.15, 0.2) is 24.3 Å². The van der Waals surface area contributed by atoms with Gasteiger partial charge < -0.3 is 5.11 Å². The summed E-state index contributed by atoms with van der Waals surface area (Å²) in [6.07, 6.45) is 9.20. The van der Waals surface area contributed by atoms with E-state index in [0.29, 0.717) is 0 Å². The summed E-state index contributed by atoms with van der Waals surface area (Å²) in [4.78, 5) is 0. The van der Waals surface area contributed by atoms with Gasteiger partial charge in [-0.25, -0.2) is 0 Å². The first-order chi connectivity index (χ1) is 4.81. The summed E-state index contributed by atoms with van der Waals surface area (Å²) in [5, 5.41) is 9.21. The molecule has 1 heteroatoms. The van der Waals surface area contributed by atoms with Gasteiger partial charge in [0.25, 0.3) is 0 Å². The van der Waals surface area contributed by atoms with Crippen molar-refractivity contribution in [3.05, 3.63) is 24.3 Å². The molecule has 0 aromatic carbocycles. The van der Waals surface area contributed by atoms with Crippen molar-refractivity contribution in [1.29, 1.82) is 0 Å². The van der Waals surface area contributed by atoms with Crippen molar-refractivity contribution in [3.63, 3.8) is 0 Å². The molecule has 1 nitrogen and oxygen atoms in total. The van der Waals surface area contributed by atoms with E-state index in [9.17, 15) is 5.11 Å². The molecule has 0 atom stereocenters. The fraction of sp³-hybridized carbons (Fsp3) is 0.556. The maximum Gasteiger partial charge on any atom is 0.0609 e. The van der Waals surface area contributed by atoms with Crippen molar-refractivity contribution < 1.29 is 5.11 Å². The predicted octanol–water partition coefficient (Wildman–Crippen LogP) is 2.28. The van der Waals surface area contributed by atoms with Crippen LogP contribution in [0.3, 0.4) is 0 Å². The second-order valence-electron chi connectivity index (χ2n) is 2.26. The lowest BCUT2D eigenvalue weighted by molar-refractivity contribution is 0.181. The highest BCUT2D eigenvalue weighted by molar-refractivity contribution is 4.85. The summed E-state index contributed by atoms with van der Waals surface area (Å²) in [7, 11) is 0. The predicted molar refractivity (Wildman–Crippen MR) is 44.9 cm³/mol. The van der Waals surface area contributed by atoms with Crippen LogP contribution in [-0.4, -0.2) is 11.2 Å². The van der Waals surface area contributed by atoms with Gasteiger partial charge in [0.15, 0.2) is 0 Å². The Balaban J connectivity index is 3.33. The monoisotopic (exact) mass is 140 g/mol. The van der Waals surface area contributed by atoms with E-state index in [1.165, 1.54) is 0 Å². The quantitative estimate of drug-likeness (QED) is 0.594. The largest absolute Gasteiger partial charge is 0.392 e. The second-order valence-corrected chi connectivity index (χ2v) is 2.26. The Hall–Kier alpha value is -0.560. The standard InChI is InChI=1S/C9H16O/c1-3-5-7-9(10)8-6-4-2/h3-6,9-10H,7-8H2,1-2H3/b5-3-,6-4-. The van der Waals surface area contributed by atoms with Crippen LogP contribution in [0, 0.1) is 0 Å². The highest BCUT2D eigenvalue weighted by atomic mass is 16.3. The van der Waals surface area contributed by atoms with Crippen LogP contribution in [0.5, 0.6) is 0 Å². The lowest BCUT2D eigenvalue weighted by Crippen LogP contribution is -2.01. The molecule has 0 spiro atoms. The van der Waals surface area contributed by atoms with E-state index in [-0.39, 0.29) is 6.10 Å². The number of aliphatic hydroxyl groups is 1. The maximum absolute atomic E-state index is 9.21. The number of aliphatic hydroxyl groups excluding tert-OH is 1. The first kappa shape index (κ1) is 9.44. The topological polar surface area (TPSA) is 20.2 Å². The molecular weight excluding hydrogens is 124 g/mol. The fourth-order valence-corrected chi connectivity index (χ4v) is 0.683. The second kappa shape index (κ2) is 6.56. The Kier molecular flexibility index (Phi) is 6.19. The Morgan fingerprint density at radius 3 is 1.80 bits per heavy atom. The minimum Gasteiger partial charge on any atom is -0.392 e. The minimum atomic E-state index is -0.201. The molecule has 0 saturated carbocycles. The molecule has 0 amide bonds. The molecule has 1 N–H and O–H groups in total. The van der Waals surface area contributed by atoms with E-state index in [1.54, 1.807) is 0 Å². The molecule has 0 aliphatic heterocycles. The number of rotatable bonds is 4. The van der Waals surface area contributed by atoms with Gasteiger partial charge >= 0.3 is 0 Å². The Labute approximate surface area is 63.1 Å². The van der Waals surface area contributed by atoms with Gasteiger partial charge in [-0.05, 0) is 26.7 Å². The smallest absolute Gasteiger partial charge is 0.0609 e. The van der Waals surface area contributed by atoms with E-state index in [0.717, 1.165) is 12.8 Å².